The molecule has 0 fully saturated rings. The molecule has 3 aromatic rings. The lowest BCUT2D eigenvalue weighted by Crippen LogP contribution is -2.15. The topological polar surface area (TPSA) is 69.0 Å². The number of carbonyl (C=O) groups excluding carboxylic acids is 1. The minimum Gasteiger partial charge on any atom is -0.385 e. The lowest BCUT2D eigenvalue weighted by atomic mass is 10.0. The summed E-state index contributed by atoms with van der Waals surface area (Å²) in [4.78, 5) is 12.5. The van der Waals surface area contributed by atoms with Crippen LogP contribution in [0.5, 0.6) is 0 Å². The third-order valence-corrected chi connectivity index (χ3v) is 6.05. The Kier molecular flexibility index (Phi) is 8.51. The van der Waals surface area contributed by atoms with Gasteiger partial charge < -0.3 is 14.6 Å². The van der Waals surface area contributed by atoms with E-state index in [-0.39, 0.29) is 11.7 Å². The van der Waals surface area contributed by atoms with Crippen LogP contribution in [-0.2, 0) is 16.1 Å². The van der Waals surface area contributed by atoms with Crippen molar-refractivity contribution in [3.05, 3.63) is 59.1 Å². The van der Waals surface area contributed by atoms with Crippen molar-refractivity contribution < 1.29 is 9.53 Å². The molecule has 0 saturated heterocycles. The first kappa shape index (κ1) is 23.3. The van der Waals surface area contributed by atoms with Crippen LogP contribution in [0.25, 0.3) is 11.4 Å². The number of anilines is 1. The molecule has 164 valence electrons. The molecule has 0 aliphatic rings. The Balaban J connectivity index is 1.70. The van der Waals surface area contributed by atoms with Crippen molar-refractivity contribution in [1.82, 2.24) is 14.8 Å². The third-order valence-electron chi connectivity index (χ3n) is 4.76. The van der Waals surface area contributed by atoms with E-state index in [0.717, 1.165) is 17.7 Å². The Bertz CT molecular complexity index is 1010. The van der Waals surface area contributed by atoms with Gasteiger partial charge in [-0.05, 0) is 42.2 Å². The number of nitrogens with one attached hydrogen (secondary N) is 1. The van der Waals surface area contributed by atoms with Crippen LogP contribution in [0.15, 0.2) is 53.7 Å². The van der Waals surface area contributed by atoms with Crippen LogP contribution in [0.2, 0.25) is 5.02 Å². The van der Waals surface area contributed by atoms with E-state index in [1.807, 2.05) is 53.1 Å². The Labute approximate surface area is 192 Å². The summed E-state index contributed by atoms with van der Waals surface area (Å²) in [7, 11) is 1.68. The molecule has 31 heavy (non-hydrogen) atoms. The van der Waals surface area contributed by atoms with Crippen LogP contribution in [-0.4, -0.2) is 40.1 Å². The largest absolute Gasteiger partial charge is 0.385 e. The zero-order chi connectivity index (χ0) is 22.2. The summed E-state index contributed by atoms with van der Waals surface area (Å²) in [6.07, 6.45) is 0.800. The number of carbonyl (C=O) groups is 1. The molecule has 0 bridgehead atoms. The second-order valence-corrected chi connectivity index (χ2v) is 8.75. The van der Waals surface area contributed by atoms with Crippen molar-refractivity contribution in [3.8, 4) is 11.4 Å². The van der Waals surface area contributed by atoms with E-state index in [2.05, 4.69) is 29.4 Å². The average Bonchev–Trinajstić information content (AvgIpc) is 3.15. The van der Waals surface area contributed by atoms with E-state index in [4.69, 9.17) is 16.3 Å². The highest BCUT2D eigenvalue weighted by molar-refractivity contribution is 7.99. The second kappa shape index (κ2) is 11.3. The summed E-state index contributed by atoms with van der Waals surface area (Å²) < 4.78 is 7.18. The molecule has 1 amide bonds. The van der Waals surface area contributed by atoms with Crippen molar-refractivity contribution in [2.75, 3.05) is 24.8 Å². The first-order valence-electron chi connectivity index (χ1n) is 10.2. The fraction of sp³-hybridized carbons (Fsp3) is 0.348. The number of nitrogens with zero attached hydrogens (tertiary/aromatic N) is 3. The summed E-state index contributed by atoms with van der Waals surface area (Å²) >= 11 is 7.73. The molecule has 0 unspecified atom stereocenters. The van der Waals surface area contributed by atoms with E-state index in [1.54, 1.807) is 7.11 Å². The van der Waals surface area contributed by atoms with Crippen molar-refractivity contribution in [3.63, 3.8) is 0 Å². The molecular weight excluding hydrogens is 432 g/mol. The number of amides is 1. The number of aromatic nitrogens is 3. The highest BCUT2D eigenvalue weighted by Gasteiger charge is 2.17. The summed E-state index contributed by atoms with van der Waals surface area (Å²) in [6, 6.07) is 15.5. The molecule has 0 aliphatic heterocycles. The van der Waals surface area contributed by atoms with Gasteiger partial charge in [0.2, 0.25) is 5.91 Å². The molecule has 1 aromatic heterocycles. The smallest absolute Gasteiger partial charge is 0.234 e. The standard InChI is InChI=1S/C23H27ClN4O2S/c1-16(2)17-9-11-18(12-10-17)25-21(29)15-31-23-27-26-22(28(23)13-6-14-30-3)19-7-4-5-8-20(19)24/h4-5,7-12,16H,6,13-15H2,1-3H3,(H,25,29). The number of hydrogen-bond acceptors (Lipinski definition) is 5. The molecule has 1 N–H and O–H groups in total. The molecule has 6 nitrogen and oxygen atoms in total. The Morgan fingerprint density at radius 2 is 1.90 bits per heavy atom. The van der Waals surface area contributed by atoms with Crippen LogP contribution in [0, 0.1) is 0 Å². The predicted molar refractivity (Wildman–Crippen MR) is 127 cm³/mol. The number of methoxy groups -OCH3 is 1. The van der Waals surface area contributed by atoms with Crippen LogP contribution in [0.3, 0.4) is 0 Å². The number of thioether (sulfide) groups is 1. The Hall–Kier alpha value is -2.35. The minimum atomic E-state index is -0.0898. The predicted octanol–water partition coefficient (Wildman–Crippen LogP) is 5.49. The van der Waals surface area contributed by atoms with Crippen molar-refractivity contribution in [2.24, 2.45) is 0 Å². The monoisotopic (exact) mass is 458 g/mol. The number of ether oxygens (including phenoxy) is 1. The van der Waals surface area contributed by atoms with Gasteiger partial charge in [0.1, 0.15) is 0 Å². The number of halogens is 1. The average molecular weight is 459 g/mol. The maximum atomic E-state index is 12.5. The summed E-state index contributed by atoms with van der Waals surface area (Å²) in [6.45, 7) is 5.58. The molecule has 0 radical (unpaired) electrons. The van der Waals surface area contributed by atoms with Crippen LogP contribution in [0.1, 0.15) is 31.7 Å². The van der Waals surface area contributed by atoms with Crippen LogP contribution < -0.4 is 5.32 Å². The lowest BCUT2D eigenvalue weighted by Gasteiger charge is -2.11. The fourth-order valence-corrected chi connectivity index (χ4v) is 4.07. The number of hydrogen-bond donors (Lipinski definition) is 1. The maximum Gasteiger partial charge on any atom is 0.234 e. The van der Waals surface area contributed by atoms with Gasteiger partial charge in [-0.25, -0.2) is 0 Å². The van der Waals surface area contributed by atoms with E-state index >= 15 is 0 Å². The van der Waals surface area contributed by atoms with E-state index in [0.29, 0.717) is 35.1 Å². The third kappa shape index (κ3) is 6.32. The zero-order valence-electron chi connectivity index (χ0n) is 18.0. The first-order chi connectivity index (χ1) is 15.0. The van der Waals surface area contributed by atoms with E-state index in [9.17, 15) is 4.79 Å². The number of benzene rings is 2. The molecule has 0 aliphatic carbocycles. The first-order valence-corrected chi connectivity index (χ1v) is 11.6. The van der Waals surface area contributed by atoms with Crippen molar-refractivity contribution >= 4 is 35.0 Å². The van der Waals surface area contributed by atoms with Gasteiger partial charge in [-0.3, -0.25) is 4.79 Å². The van der Waals surface area contributed by atoms with Gasteiger partial charge in [0.15, 0.2) is 11.0 Å². The molecule has 0 spiro atoms. The molecule has 0 atom stereocenters. The minimum absolute atomic E-state index is 0.0898. The normalized spacial score (nSPS) is 11.1. The summed E-state index contributed by atoms with van der Waals surface area (Å²) in [5.41, 5.74) is 2.84. The number of rotatable bonds is 10. The van der Waals surface area contributed by atoms with E-state index < -0.39 is 0 Å². The van der Waals surface area contributed by atoms with Gasteiger partial charge in [0, 0.05) is 31.5 Å². The van der Waals surface area contributed by atoms with Gasteiger partial charge in [0.05, 0.1) is 10.8 Å². The highest BCUT2D eigenvalue weighted by Crippen LogP contribution is 2.29. The molecule has 0 saturated carbocycles. The second-order valence-electron chi connectivity index (χ2n) is 7.40. The van der Waals surface area contributed by atoms with Gasteiger partial charge >= 0.3 is 0 Å². The Morgan fingerprint density at radius 1 is 1.16 bits per heavy atom. The van der Waals surface area contributed by atoms with Crippen molar-refractivity contribution in [1.29, 1.82) is 0 Å². The highest BCUT2D eigenvalue weighted by atomic mass is 35.5. The quantitative estimate of drug-likeness (QED) is 0.321. The van der Waals surface area contributed by atoms with Gasteiger partial charge in [-0.1, -0.05) is 61.5 Å². The molecule has 2 aromatic carbocycles. The van der Waals surface area contributed by atoms with Crippen LogP contribution in [0.4, 0.5) is 5.69 Å². The molecule has 8 heteroatoms. The zero-order valence-corrected chi connectivity index (χ0v) is 19.5. The molecule has 1 heterocycles. The summed E-state index contributed by atoms with van der Waals surface area (Å²) in [5.74, 6) is 1.29. The lowest BCUT2D eigenvalue weighted by molar-refractivity contribution is -0.113. The molecule has 3 rings (SSSR count). The molecular formula is C23H27ClN4O2S. The fourth-order valence-electron chi connectivity index (χ4n) is 3.08. The maximum absolute atomic E-state index is 12.5. The van der Waals surface area contributed by atoms with Crippen molar-refractivity contribution in [2.45, 2.75) is 37.9 Å². The van der Waals surface area contributed by atoms with Crippen LogP contribution >= 0.6 is 23.4 Å². The summed E-state index contributed by atoms with van der Waals surface area (Å²) in [5, 5.41) is 12.9. The van der Waals surface area contributed by atoms with Gasteiger partial charge in [0.25, 0.3) is 0 Å². The Morgan fingerprint density at radius 3 is 2.58 bits per heavy atom. The SMILES string of the molecule is COCCCn1c(SCC(=O)Nc2ccc(C(C)C)cc2)nnc1-c1ccccc1Cl. The van der Waals surface area contributed by atoms with Gasteiger partial charge in [-0.15, -0.1) is 10.2 Å². The van der Waals surface area contributed by atoms with E-state index in [1.165, 1.54) is 17.3 Å². The van der Waals surface area contributed by atoms with Gasteiger partial charge in [-0.2, -0.15) is 0 Å².